The summed E-state index contributed by atoms with van der Waals surface area (Å²) < 4.78 is 0. The fourth-order valence-electron chi connectivity index (χ4n) is 1.87. The van der Waals surface area contributed by atoms with Gasteiger partial charge in [-0.15, -0.1) is 0 Å². The van der Waals surface area contributed by atoms with Crippen LogP contribution in [-0.2, 0) is 9.59 Å². The first kappa shape index (κ1) is 21.2. The number of rotatable bonds is 9. The van der Waals surface area contributed by atoms with E-state index in [0.29, 0.717) is 6.42 Å². The Bertz CT molecular complexity index is 289. The Hall–Kier alpha value is -0.0600. The van der Waals surface area contributed by atoms with Crippen LogP contribution in [0.5, 0.6) is 0 Å². The maximum Gasteiger partial charge on any atom is 1.00 e. The van der Waals surface area contributed by atoms with Crippen molar-refractivity contribution in [3.05, 3.63) is 0 Å². The Kier molecular flexibility index (Phi) is 10.9. The first-order valence-electron chi connectivity index (χ1n) is 6.63. The van der Waals surface area contributed by atoms with E-state index in [2.05, 4.69) is 20.8 Å². The predicted octanol–water partition coefficient (Wildman–Crippen LogP) is -0.926. The molecular weight excluding hydrogens is 255 g/mol. The first-order valence-corrected chi connectivity index (χ1v) is 6.63. The van der Waals surface area contributed by atoms with Gasteiger partial charge in [-0.1, -0.05) is 40.5 Å². The van der Waals surface area contributed by atoms with Crippen LogP contribution in [0.2, 0.25) is 0 Å². The molecule has 4 nitrogen and oxygen atoms in total. The van der Waals surface area contributed by atoms with Crippen molar-refractivity contribution in [2.24, 2.45) is 17.3 Å². The zero-order chi connectivity index (χ0) is 14.3. The Morgan fingerprint density at radius 3 is 2.21 bits per heavy atom. The SMILES string of the molecule is CCC(C)(C)CCCC(CC(C)C(=O)[O-])C(=O)O.[Na+]. The van der Waals surface area contributed by atoms with E-state index < -0.39 is 23.8 Å². The molecule has 0 rings (SSSR count). The van der Waals surface area contributed by atoms with Crippen LogP contribution in [0.4, 0.5) is 0 Å². The topological polar surface area (TPSA) is 77.4 Å². The molecule has 0 aliphatic rings. The molecule has 1 N–H and O–H groups in total. The van der Waals surface area contributed by atoms with Crippen LogP contribution in [0.3, 0.4) is 0 Å². The van der Waals surface area contributed by atoms with Gasteiger partial charge in [0.1, 0.15) is 0 Å². The van der Waals surface area contributed by atoms with Gasteiger partial charge < -0.3 is 15.0 Å². The fraction of sp³-hybridized carbons (Fsp3) is 0.857. The minimum atomic E-state index is -1.17. The number of aliphatic carboxylic acids is 2. The van der Waals surface area contributed by atoms with E-state index in [-0.39, 0.29) is 41.4 Å². The van der Waals surface area contributed by atoms with Gasteiger partial charge in [-0.25, -0.2) is 0 Å². The van der Waals surface area contributed by atoms with Gasteiger partial charge >= 0.3 is 35.5 Å². The van der Waals surface area contributed by atoms with E-state index >= 15 is 0 Å². The van der Waals surface area contributed by atoms with Crippen molar-refractivity contribution in [1.29, 1.82) is 0 Å². The van der Waals surface area contributed by atoms with Crippen molar-refractivity contribution in [2.75, 3.05) is 0 Å². The standard InChI is InChI=1S/C14H26O4.Na/c1-5-14(3,4)8-6-7-11(13(17)18)9-10(2)12(15)16;/h10-11H,5-9H2,1-4H3,(H,15,16)(H,17,18);/q;+1/p-1. The van der Waals surface area contributed by atoms with Crippen molar-refractivity contribution in [1.82, 2.24) is 0 Å². The minimum absolute atomic E-state index is 0. The second-order valence-electron chi connectivity index (χ2n) is 5.90. The number of carboxylic acid groups (broad SMARTS) is 2. The molecule has 0 aromatic carbocycles. The molecule has 0 aliphatic carbocycles. The fourth-order valence-corrected chi connectivity index (χ4v) is 1.87. The number of hydrogen-bond donors (Lipinski definition) is 1. The second kappa shape index (κ2) is 9.78. The monoisotopic (exact) mass is 280 g/mol. The van der Waals surface area contributed by atoms with Gasteiger partial charge in [-0.05, 0) is 30.6 Å². The van der Waals surface area contributed by atoms with Crippen molar-refractivity contribution in [3.63, 3.8) is 0 Å². The Balaban J connectivity index is 0. The number of carbonyl (C=O) groups excluding carboxylic acids is 1. The summed E-state index contributed by atoms with van der Waals surface area (Å²) in [5.41, 5.74) is 0.225. The first-order chi connectivity index (χ1) is 8.19. The predicted molar refractivity (Wildman–Crippen MR) is 67.8 cm³/mol. The van der Waals surface area contributed by atoms with Gasteiger partial charge in [0.15, 0.2) is 0 Å². The van der Waals surface area contributed by atoms with E-state index in [0.717, 1.165) is 19.3 Å². The molecule has 0 aromatic rings. The maximum atomic E-state index is 11.1. The molecular formula is C14H25NaO4. The molecule has 0 aromatic heterocycles. The van der Waals surface area contributed by atoms with Gasteiger partial charge in [-0.3, -0.25) is 4.79 Å². The molecule has 0 radical (unpaired) electrons. The van der Waals surface area contributed by atoms with E-state index in [1.54, 1.807) is 0 Å². The molecule has 0 heterocycles. The van der Waals surface area contributed by atoms with Crippen molar-refractivity contribution >= 4 is 11.9 Å². The molecule has 2 atom stereocenters. The summed E-state index contributed by atoms with van der Waals surface area (Å²) in [5.74, 6) is -3.36. The summed E-state index contributed by atoms with van der Waals surface area (Å²) in [7, 11) is 0. The number of carboxylic acids is 2. The van der Waals surface area contributed by atoms with Crippen LogP contribution in [0, 0.1) is 17.3 Å². The van der Waals surface area contributed by atoms with E-state index in [1.165, 1.54) is 6.92 Å². The summed E-state index contributed by atoms with van der Waals surface area (Å²) in [5, 5.41) is 19.7. The van der Waals surface area contributed by atoms with E-state index in [4.69, 9.17) is 5.11 Å². The molecule has 0 saturated heterocycles. The summed E-state index contributed by atoms with van der Waals surface area (Å²) in [6, 6.07) is 0. The molecule has 19 heavy (non-hydrogen) atoms. The largest absolute Gasteiger partial charge is 1.00 e. The maximum absolute atomic E-state index is 11.1. The van der Waals surface area contributed by atoms with Crippen LogP contribution in [-0.4, -0.2) is 17.0 Å². The van der Waals surface area contributed by atoms with Gasteiger partial charge in [0.05, 0.1) is 5.92 Å². The van der Waals surface area contributed by atoms with Gasteiger partial charge in [-0.2, -0.15) is 0 Å². The van der Waals surface area contributed by atoms with Crippen molar-refractivity contribution in [2.45, 2.75) is 59.8 Å². The number of carbonyl (C=O) groups is 2. The Labute approximate surface area is 138 Å². The van der Waals surface area contributed by atoms with Gasteiger partial charge in [0.2, 0.25) is 0 Å². The van der Waals surface area contributed by atoms with Crippen LogP contribution in [0.1, 0.15) is 59.8 Å². The molecule has 2 unspecified atom stereocenters. The molecule has 0 fully saturated rings. The van der Waals surface area contributed by atoms with E-state index in [1.807, 2.05) is 0 Å². The van der Waals surface area contributed by atoms with Gasteiger partial charge in [0, 0.05) is 5.97 Å². The molecule has 0 amide bonds. The van der Waals surface area contributed by atoms with Gasteiger partial charge in [0.25, 0.3) is 0 Å². The zero-order valence-corrected chi connectivity index (χ0v) is 14.9. The van der Waals surface area contributed by atoms with Crippen LogP contribution < -0.4 is 34.7 Å². The summed E-state index contributed by atoms with van der Waals surface area (Å²) in [6.45, 7) is 7.94. The minimum Gasteiger partial charge on any atom is -0.550 e. The second-order valence-corrected chi connectivity index (χ2v) is 5.90. The van der Waals surface area contributed by atoms with Crippen LogP contribution in [0.15, 0.2) is 0 Å². The molecule has 0 spiro atoms. The average molecular weight is 280 g/mol. The van der Waals surface area contributed by atoms with E-state index in [9.17, 15) is 14.7 Å². The zero-order valence-electron chi connectivity index (χ0n) is 12.9. The molecule has 0 aliphatic heterocycles. The molecule has 0 saturated carbocycles. The summed E-state index contributed by atoms with van der Waals surface area (Å²) in [6.07, 6.45) is 3.53. The Morgan fingerprint density at radius 1 is 1.32 bits per heavy atom. The average Bonchev–Trinajstić information content (AvgIpc) is 2.26. The van der Waals surface area contributed by atoms with Crippen molar-refractivity contribution < 1.29 is 49.4 Å². The smallest absolute Gasteiger partial charge is 0.550 e. The third-order valence-electron chi connectivity index (χ3n) is 3.75. The molecule has 0 bridgehead atoms. The molecule has 106 valence electrons. The number of hydrogen-bond acceptors (Lipinski definition) is 3. The molecule has 5 heteroatoms. The van der Waals surface area contributed by atoms with Crippen LogP contribution >= 0.6 is 0 Å². The third kappa shape index (κ3) is 9.47. The van der Waals surface area contributed by atoms with Crippen LogP contribution in [0.25, 0.3) is 0 Å². The normalized spacial score (nSPS) is 14.3. The Morgan fingerprint density at radius 2 is 1.84 bits per heavy atom. The summed E-state index contributed by atoms with van der Waals surface area (Å²) in [4.78, 5) is 21.7. The third-order valence-corrected chi connectivity index (χ3v) is 3.75. The summed E-state index contributed by atoms with van der Waals surface area (Å²) >= 11 is 0. The van der Waals surface area contributed by atoms with Crippen molar-refractivity contribution in [3.8, 4) is 0 Å². The quantitative estimate of drug-likeness (QED) is 0.554.